The molecule has 2 aromatic rings. The zero-order valence-corrected chi connectivity index (χ0v) is 13.1. The van der Waals surface area contributed by atoms with Gasteiger partial charge in [0.25, 0.3) is 0 Å². The van der Waals surface area contributed by atoms with Gasteiger partial charge in [-0.25, -0.2) is 0 Å². The average molecular weight is 285 g/mol. The Bertz CT molecular complexity index is 596. The number of nitrogens with one attached hydrogen (secondary N) is 1. The maximum atomic E-state index is 5.29. The molecule has 3 heteroatoms. The zero-order chi connectivity index (χ0) is 15.2. The van der Waals surface area contributed by atoms with E-state index in [2.05, 4.69) is 36.5 Å². The monoisotopic (exact) mass is 285 g/mol. The van der Waals surface area contributed by atoms with Crippen molar-refractivity contribution in [1.82, 2.24) is 5.32 Å². The van der Waals surface area contributed by atoms with Gasteiger partial charge in [0, 0.05) is 6.04 Å². The van der Waals surface area contributed by atoms with Crippen molar-refractivity contribution in [3.05, 3.63) is 59.2 Å². The van der Waals surface area contributed by atoms with Crippen LogP contribution in [0, 0.1) is 6.92 Å². The summed E-state index contributed by atoms with van der Waals surface area (Å²) in [6.45, 7) is 2.12. The Morgan fingerprint density at radius 3 is 2.33 bits per heavy atom. The first-order valence-corrected chi connectivity index (χ1v) is 7.12. The molecule has 0 aromatic heterocycles. The molecule has 1 N–H and O–H groups in total. The minimum atomic E-state index is 0.267. The summed E-state index contributed by atoms with van der Waals surface area (Å²) < 4.78 is 10.6. The van der Waals surface area contributed by atoms with Crippen LogP contribution in [0.3, 0.4) is 0 Å². The molecule has 0 aliphatic rings. The van der Waals surface area contributed by atoms with Gasteiger partial charge in [0.05, 0.1) is 14.2 Å². The van der Waals surface area contributed by atoms with Gasteiger partial charge in [0.1, 0.15) is 11.5 Å². The lowest BCUT2D eigenvalue weighted by atomic mass is 9.95. The molecule has 0 aliphatic heterocycles. The Morgan fingerprint density at radius 2 is 1.71 bits per heavy atom. The first-order chi connectivity index (χ1) is 10.2. The second-order valence-electron chi connectivity index (χ2n) is 5.12. The van der Waals surface area contributed by atoms with Crippen molar-refractivity contribution in [2.24, 2.45) is 0 Å². The summed E-state index contributed by atoms with van der Waals surface area (Å²) in [5.41, 5.74) is 3.78. The van der Waals surface area contributed by atoms with E-state index < -0.39 is 0 Å². The molecule has 3 nitrogen and oxygen atoms in total. The number of rotatable bonds is 6. The van der Waals surface area contributed by atoms with E-state index in [4.69, 9.17) is 9.47 Å². The number of benzene rings is 2. The summed E-state index contributed by atoms with van der Waals surface area (Å²) >= 11 is 0. The molecule has 0 saturated heterocycles. The van der Waals surface area contributed by atoms with Crippen LogP contribution in [0.4, 0.5) is 0 Å². The summed E-state index contributed by atoms with van der Waals surface area (Å²) in [5, 5.41) is 3.40. The molecular weight excluding hydrogens is 262 g/mol. The predicted octanol–water partition coefficient (Wildman–Crippen LogP) is 3.52. The fraction of sp³-hybridized carbons (Fsp3) is 0.333. The van der Waals surface area contributed by atoms with Crippen molar-refractivity contribution < 1.29 is 9.47 Å². The van der Waals surface area contributed by atoms with Gasteiger partial charge in [-0.15, -0.1) is 0 Å². The lowest BCUT2D eigenvalue weighted by Gasteiger charge is -2.20. The van der Waals surface area contributed by atoms with Gasteiger partial charge in [0.2, 0.25) is 0 Å². The maximum Gasteiger partial charge on any atom is 0.119 e. The Kier molecular flexibility index (Phi) is 5.23. The molecule has 0 saturated carbocycles. The molecule has 0 bridgehead atoms. The summed E-state index contributed by atoms with van der Waals surface area (Å²) in [4.78, 5) is 0. The van der Waals surface area contributed by atoms with Crippen molar-refractivity contribution in [3.63, 3.8) is 0 Å². The van der Waals surface area contributed by atoms with Crippen molar-refractivity contribution in [2.75, 3.05) is 21.3 Å². The van der Waals surface area contributed by atoms with Crippen LogP contribution in [-0.4, -0.2) is 21.3 Å². The normalized spacial score (nSPS) is 12.0. The smallest absolute Gasteiger partial charge is 0.119 e. The number of ether oxygens (including phenoxy) is 2. The third kappa shape index (κ3) is 3.76. The third-order valence-electron chi connectivity index (χ3n) is 3.77. The van der Waals surface area contributed by atoms with Gasteiger partial charge in [-0.1, -0.05) is 18.2 Å². The minimum absolute atomic E-state index is 0.267. The molecule has 0 fully saturated rings. The molecule has 0 amide bonds. The lowest BCUT2D eigenvalue weighted by Crippen LogP contribution is -2.19. The highest BCUT2D eigenvalue weighted by Crippen LogP contribution is 2.26. The van der Waals surface area contributed by atoms with Crippen LogP contribution in [0.2, 0.25) is 0 Å². The standard InChI is InChI=1S/C18H23NO2/c1-13-10-16(21-4)8-9-17(13)18(19-2)12-14-6-5-7-15(11-14)20-3/h5-11,18-19H,12H2,1-4H3. The van der Waals surface area contributed by atoms with Crippen LogP contribution in [0.5, 0.6) is 11.5 Å². The second-order valence-corrected chi connectivity index (χ2v) is 5.12. The Balaban J connectivity index is 2.23. The maximum absolute atomic E-state index is 5.29. The van der Waals surface area contributed by atoms with Crippen molar-refractivity contribution in [2.45, 2.75) is 19.4 Å². The molecular formula is C18H23NO2. The second kappa shape index (κ2) is 7.14. The Hall–Kier alpha value is -2.00. The third-order valence-corrected chi connectivity index (χ3v) is 3.77. The van der Waals surface area contributed by atoms with Gasteiger partial charge in [0.15, 0.2) is 0 Å². The van der Waals surface area contributed by atoms with E-state index >= 15 is 0 Å². The highest BCUT2D eigenvalue weighted by molar-refractivity contribution is 5.38. The Labute approximate surface area is 126 Å². The van der Waals surface area contributed by atoms with Crippen LogP contribution in [0.1, 0.15) is 22.7 Å². The van der Waals surface area contributed by atoms with Crippen molar-refractivity contribution in [1.29, 1.82) is 0 Å². The van der Waals surface area contributed by atoms with E-state index in [-0.39, 0.29) is 6.04 Å². The summed E-state index contributed by atoms with van der Waals surface area (Å²) in [7, 11) is 5.39. The number of aryl methyl sites for hydroxylation is 1. The molecule has 0 spiro atoms. The highest BCUT2D eigenvalue weighted by Gasteiger charge is 2.13. The summed E-state index contributed by atoms with van der Waals surface area (Å²) in [5.74, 6) is 1.79. The van der Waals surface area contributed by atoms with Gasteiger partial charge in [-0.05, 0) is 61.3 Å². The SMILES string of the molecule is CNC(Cc1cccc(OC)c1)c1ccc(OC)cc1C. The van der Waals surface area contributed by atoms with E-state index in [9.17, 15) is 0 Å². The molecule has 2 aromatic carbocycles. The zero-order valence-electron chi connectivity index (χ0n) is 13.1. The molecule has 1 atom stereocenters. The topological polar surface area (TPSA) is 30.5 Å². The first-order valence-electron chi connectivity index (χ1n) is 7.12. The minimum Gasteiger partial charge on any atom is -0.497 e. The van der Waals surface area contributed by atoms with E-state index in [1.54, 1.807) is 14.2 Å². The van der Waals surface area contributed by atoms with Gasteiger partial charge < -0.3 is 14.8 Å². The van der Waals surface area contributed by atoms with Gasteiger partial charge in [-0.3, -0.25) is 0 Å². The Morgan fingerprint density at radius 1 is 1.00 bits per heavy atom. The van der Waals surface area contributed by atoms with E-state index in [1.807, 2.05) is 25.2 Å². The van der Waals surface area contributed by atoms with E-state index in [1.165, 1.54) is 16.7 Å². The fourth-order valence-electron chi connectivity index (χ4n) is 2.57. The molecule has 112 valence electrons. The predicted molar refractivity (Wildman–Crippen MR) is 86.2 cm³/mol. The summed E-state index contributed by atoms with van der Waals surface area (Å²) in [6, 6.07) is 14.7. The highest BCUT2D eigenvalue weighted by atomic mass is 16.5. The quantitative estimate of drug-likeness (QED) is 0.881. The summed E-state index contributed by atoms with van der Waals surface area (Å²) in [6.07, 6.45) is 0.918. The van der Waals surface area contributed by atoms with Gasteiger partial charge in [-0.2, -0.15) is 0 Å². The first kappa shape index (κ1) is 15.4. The largest absolute Gasteiger partial charge is 0.497 e. The van der Waals surface area contributed by atoms with Crippen molar-refractivity contribution in [3.8, 4) is 11.5 Å². The number of hydrogen-bond acceptors (Lipinski definition) is 3. The average Bonchev–Trinajstić information content (AvgIpc) is 2.53. The van der Waals surface area contributed by atoms with Crippen LogP contribution < -0.4 is 14.8 Å². The molecule has 2 rings (SSSR count). The van der Waals surface area contributed by atoms with Gasteiger partial charge >= 0.3 is 0 Å². The van der Waals surface area contributed by atoms with E-state index in [0.717, 1.165) is 17.9 Å². The van der Waals surface area contributed by atoms with Crippen LogP contribution >= 0.6 is 0 Å². The fourth-order valence-corrected chi connectivity index (χ4v) is 2.57. The van der Waals surface area contributed by atoms with Crippen molar-refractivity contribution >= 4 is 0 Å². The number of hydrogen-bond donors (Lipinski definition) is 1. The lowest BCUT2D eigenvalue weighted by molar-refractivity contribution is 0.413. The van der Waals surface area contributed by atoms with E-state index in [0.29, 0.717) is 0 Å². The number of likely N-dealkylation sites (N-methyl/N-ethyl adjacent to an activating group) is 1. The molecule has 21 heavy (non-hydrogen) atoms. The van der Waals surface area contributed by atoms with Crippen LogP contribution in [0.25, 0.3) is 0 Å². The molecule has 0 radical (unpaired) electrons. The number of methoxy groups -OCH3 is 2. The molecule has 0 heterocycles. The molecule has 0 aliphatic carbocycles. The van der Waals surface area contributed by atoms with Crippen LogP contribution in [-0.2, 0) is 6.42 Å². The van der Waals surface area contributed by atoms with Crippen LogP contribution in [0.15, 0.2) is 42.5 Å². The molecule has 1 unspecified atom stereocenters.